The topological polar surface area (TPSA) is 61.0 Å². The lowest BCUT2D eigenvalue weighted by molar-refractivity contribution is 0.439. The predicted molar refractivity (Wildman–Crippen MR) is 73.9 cm³/mol. The molecule has 1 aromatic carbocycles. The lowest BCUT2D eigenvalue weighted by Crippen LogP contribution is -2.13. The molecule has 0 atom stereocenters. The number of aryl methyl sites for hydroxylation is 2. The van der Waals surface area contributed by atoms with Gasteiger partial charge in [-0.25, -0.2) is 4.98 Å². The number of aromatic nitrogens is 2. The third kappa shape index (κ3) is 3.01. The fraction of sp³-hybridized carbons (Fsp3) is 0.154. The van der Waals surface area contributed by atoms with Crippen LogP contribution in [0.25, 0.3) is 0 Å². The van der Waals surface area contributed by atoms with E-state index in [4.69, 9.17) is 22.7 Å². The average molecular weight is 259 g/mol. The zero-order valence-electron chi connectivity index (χ0n) is 10.2. The zero-order valence-corrected chi connectivity index (χ0v) is 11.0. The molecule has 0 spiro atoms. The number of ether oxygens (including phenoxy) is 1. The molecule has 4 nitrogen and oxygen atoms in total. The smallest absolute Gasteiger partial charge is 0.322 e. The molecule has 5 heteroatoms. The molecule has 0 bridgehead atoms. The van der Waals surface area contributed by atoms with Gasteiger partial charge >= 0.3 is 6.01 Å². The highest BCUT2D eigenvalue weighted by molar-refractivity contribution is 7.80. The van der Waals surface area contributed by atoms with Crippen molar-refractivity contribution in [1.82, 2.24) is 9.97 Å². The predicted octanol–water partition coefficient (Wildman–Crippen LogP) is 2.52. The summed E-state index contributed by atoms with van der Waals surface area (Å²) in [6.45, 7) is 3.83. The van der Waals surface area contributed by atoms with E-state index in [-0.39, 0.29) is 11.0 Å². The molecule has 18 heavy (non-hydrogen) atoms. The van der Waals surface area contributed by atoms with Gasteiger partial charge in [0.25, 0.3) is 0 Å². The van der Waals surface area contributed by atoms with Crippen molar-refractivity contribution in [2.75, 3.05) is 0 Å². The van der Waals surface area contributed by atoms with Crippen LogP contribution in [0.3, 0.4) is 0 Å². The van der Waals surface area contributed by atoms with Crippen molar-refractivity contribution in [3.05, 3.63) is 47.3 Å². The molecule has 2 N–H and O–H groups in total. The van der Waals surface area contributed by atoms with Crippen LogP contribution in [0.4, 0.5) is 0 Å². The Balaban J connectivity index is 2.31. The molecule has 0 aliphatic carbocycles. The van der Waals surface area contributed by atoms with Gasteiger partial charge in [-0.1, -0.05) is 24.4 Å². The molecule has 0 fully saturated rings. The number of hydrogen-bond donors (Lipinski definition) is 1. The van der Waals surface area contributed by atoms with Gasteiger partial charge in [-0.3, -0.25) is 0 Å². The Morgan fingerprint density at radius 3 is 2.67 bits per heavy atom. The normalized spacial score (nSPS) is 10.1. The van der Waals surface area contributed by atoms with Crippen molar-refractivity contribution >= 4 is 17.2 Å². The van der Waals surface area contributed by atoms with E-state index in [0.717, 1.165) is 11.3 Å². The van der Waals surface area contributed by atoms with Gasteiger partial charge in [-0.15, -0.1) is 0 Å². The highest BCUT2D eigenvalue weighted by Crippen LogP contribution is 2.19. The first kappa shape index (κ1) is 12.4. The van der Waals surface area contributed by atoms with Crippen molar-refractivity contribution in [2.24, 2.45) is 5.73 Å². The van der Waals surface area contributed by atoms with Crippen molar-refractivity contribution in [2.45, 2.75) is 13.8 Å². The minimum absolute atomic E-state index is 0.231. The summed E-state index contributed by atoms with van der Waals surface area (Å²) in [5.74, 6) is 0.689. The van der Waals surface area contributed by atoms with E-state index in [0.29, 0.717) is 11.4 Å². The molecule has 0 unspecified atom stereocenters. The summed E-state index contributed by atoms with van der Waals surface area (Å²) in [7, 11) is 0. The van der Waals surface area contributed by atoms with Gasteiger partial charge in [-0.05, 0) is 37.6 Å². The summed E-state index contributed by atoms with van der Waals surface area (Å²) in [6.07, 6.45) is 0. The number of rotatable bonds is 3. The Morgan fingerprint density at radius 1 is 1.22 bits per heavy atom. The Hall–Kier alpha value is -2.01. The van der Waals surface area contributed by atoms with Gasteiger partial charge in [0.15, 0.2) is 0 Å². The molecular formula is C13H13N3OS. The van der Waals surface area contributed by atoms with Crippen molar-refractivity contribution in [3.63, 3.8) is 0 Å². The molecular weight excluding hydrogens is 246 g/mol. The van der Waals surface area contributed by atoms with E-state index >= 15 is 0 Å². The lowest BCUT2D eigenvalue weighted by Gasteiger charge is -2.07. The van der Waals surface area contributed by atoms with Gasteiger partial charge in [0.2, 0.25) is 0 Å². The number of thiocarbonyl (C=S) groups is 1. The molecule has 0 aliphatic heterocycles. The highest BCUT2D eigenvalue weighted by Gasteiger charge is 2.06. The van der Waals surface area contributed by atoms with Crippen LogP contribution < -0.4 is 10.5 Å². The zero-order chi connectivity index (χ0) is 13.1. The average Bonchev–Trinajstić information content (AvgIpc) is 2.28. The largest absolute Gasteiger partial charge is 0.424 e. The fourth-order valence-corrected chi connectivity index (χ4v) is 1.60. The number of hydrogen-bond acceptors (Lipinski definition) is 4. The molecule has 2 rings (SSSR count). The van der Waals surface area contributed by atoms with Gasteiger partial charge in [0.1, 0.15) is 16.4 Å². The third-order valence-corrected chi connectivity index (χ3v) is 2.49. The summed E-state index contributed by atoms with van der Waals surface area (Å²) >= 11 is 4.90. The Labute approximate surface area is 111 Å². The Kier molecular flexibility index (Phi) is 3.53. The first-order chi connectivity index (χ1) is 8.54. The van der Waals surface area contributed by atoms with E-state index in [1.807, 2.05) is 38.1 Å². The van der Waals surface area contributed by atoms with Gasteiger partial charge < -0.3 is 10.5 Å². The van der Waals surface area contributed by atoms with Crippen molar-refractivity contribution in [1.29, 1.82) is 0 Å². The lowest BCUT2D eigenvalue weighted by atomic mass is 10.2. The van der Waals surface area contributed by atoms with Crippen LogP contribution in [0.2, 0.25) is 0 Å². The number of nitrogens with zero attached hydrogens (tertiary/aromatic N) is 2. The molecule has 1 heterocycles. The molecule has 0 radical (unpaired) electrons. The summed E-state index contributed by atoms with van der Waals surface area (Å²) in [5, 5.41) is 0. The van der Waals surface area contributed by atoms with Gasteiger partial charge in [0.05, 0.1) is 0 Å². The SMILES string of the molecule is Cc1cccc(Oc2nc(C)cc(C(N)=S)n2)c1. The standard InChI is InChI=1S/C13H13N3OS/c1-8-4-3-5-10(6-8)17-13-15-9(2)7-11(16-13)12(14)18/h3-7H,1-2H3,(H2,14,18). The second-order valence-corrected chi connectivity index (χ2v) is 4.40. The minimum Gasteiger partial charge on any atom is -0.424 e. The molecule has 1 aromatic heterocycles. The van der Waals surface area contributed by atoms with Gasteiger partial charge in [-0.2, -0.15) is 4.98 Å². The second kappa shape index (κ2) is 5.10. The van der Waals surface area contributed by atoms with E-state index in [1.165, 1.54) is 0 Å². The first-order valence-corrected chi connectivity index (χ1v) is 5.85. The summed E-state index contributed by atoms with van der Waals surface area (Å²) in [6, 6.07) is 9.64. The fourth-order valence-electron chi connectivity index (χ4n) is 1.50. The monoisotopic (exact) mass is 259 g/mol. The number of benzene rings is 1. The molecule has 0 aliphatic rings. The van der Waals surface area contributed by atoms with E-state index in [2.05, 4.69) is 9.97 Å². The Bertz CT molecular complexity index is 599. The summed E-state index contributed by atoms with van der Waals surface area (Å²) < 4.78 is 5.59. The van der Waals surface area contributed by atoms with Gasteiger partial charge in [0, 0.05) is 5.69 Å². The Morgan fingerprint density at radius 2 is 2.00 bits per heavy atom. The summed E-state index contributed by atoms with van der Waals surface area (Å²) in [4.78, 5) is 8.58. The molecule has 0 saturated heterocycles. The van der Waals surface area contributed by atoms with E-state index in [9.17, 15) is 0 Å². The van der Waals surface area contributed by atoms with Crippen LogP contribution in [0.15, 0.2) is 30.3 Å². The maximum atomic E-state index is 5.59. The molecule has 92 valence electrons. The van der Waals surface area contributed by atoms with Crippen LogP contribution in [0.1, 0.15) is 17.0 Å². The van der Waals surface area contributed by atoms with Crippen LogP contribution >= 0.6 is 12.2 Å². The second-order valence-electron chi connectivity index (χ2n) is 3.96. The highest BCUT2D eigenvalue weighted by atomic mass is 32.1. The minimum atomic E-state index is 0.231. The first-order valence-electron chi connectivity index (χ1n) is 5.44. The van der Waals surface area contributed by atoms with Crippen molar-refractivity contribution in [3.8, 4) is 11.8 Å². The van der Waals surface area contributed by atoms with Crippen LogP contribution in [-0.4, -0.2) is 15.0 Å². The van der Waals surface area contributed by atoms with Crippen LogP contribution in [-0.2, 0) is 0 Å². The summed E-state index contributed by atoms with van der Waals surface area (Å²) in [5.41, 5.74) is 7.93. The maximum Gasteiger partial charge on any atom is 0.322 e. The number of nitrogens with two attached hydrogens (primary N) is 1. The van der Waals surface area contributed by atoms with E-state index < -0.39 is 0 Å². The molecule has 2 aromatic rings. The maximum absolute atomic E-state index is 5.59. The van der Waals surface area contributed by atoms with E-state index in [1.54, 1.807) is 6.07 Å². The third-order valence-electron chi connectivity index (χ3n) is 2.28. The molecule has 0 saturated carbocycles. The quantitative estimate of drug-likeness (QED) is 0.858. The van der Waals surface area contributed by atoms with Crippen molar-refractivity contribution < 1.29 is 4.74 Å². The van der Waals surface area contributed by atoms with Crippen LogP contribution in [0, 0.1) is 13.8 Å². The molecule has 0 amide bonds. The van der Waals surface area contributed by atoms with Crippen LogP contribution in [0.5, 0.6) is 11.8 Å².